The van der Waals surface area contributed by atoms with Crippen LogP contribution < -0.4 is 10.0 Å². The first kappa shape index (κ1) is 35.8. The number of carbonyl (C=O) groups excluding carboxylic acids is 3. The molecule has 8 rings (SSSR count). The van der Waals surface area contributed by atoms with E-state index >= 15 is 0 Å². The van der Waals surface area contributed by atoms with Crippen molar-refractivity contribution in [3.05, 3.63) is 47.5 Å². The van der Waals surface area contributed by atoms with E-state index in [-0.39, 0.29) is 29.1 Å². The number of allylic oxidation sites excluding steroid dienone is 1. The second-order valence-corrected chi connectivity index (χ2v) is 16.0. The molecule has 2 saturated heterocycles. The predicted octanol–water partition coefficient (Wildman–Crippen LogP) is 6.09. The molecular formula is C38H54N4O6S. The minimum atomic E-state index is -0.840. The van der Waals surface area contributed by atoms with Crippen molar-refractivity contribution in [2.75, 3.05) is 26.3 Å². The van der Waals surface area contributed by atoms with E-state index in [1.165, 1.54) is 42.3 Å². The molecule has 4 heterocycles. The number of hydrogen-bond acceptors (Lipinski definition) is 6. The van der Waals surface area contributed by atoms with Gasteiger partial charge >= 0.3 is 6.09 Å². The Balaban J connectivity index is 0.000000165. The van der Waals surface area contributed by atoms with Gasteiger partial charge in [-0.05, 0) is 100 Å². The first-order valence-corrected chi connectivity index (χ1v) is 19.6. The molecular weight excluding hydrogens is 641 g/mol. The van der Waals surface area contributed by atoms with Crippen molar-refractivity contribution in [1.29, 1.82) is 0 Å². The fraction of sp³-hybridized carbons (Fsp3) is 0.684. The number of hydrogen-bond donors (Lipinski definition) is 3. The van der Waals surface area contributed by atoms with E-state index in [0.29, 0.717) is 44.1 Å². The van der Waals surface area contributed by atoms with Gasteiger partial charge in [0.2, 0.25) is 11.8 Å². The topological polar surface area (TPSA) is 128 Å². The second kappa shape index (κ2) is 16.3. The third-order valence-corrected chi connectivity index (χ3v) is 12.3. The lowest BCUT2D eigenvalue weighted by atomic mass is 9.61. The molecule has 0 radical (unpaired) electrons. The highest BCUT2D eigenvalue weighted by Crippen LogP contribution is 2.48. The molecule has 11 heteroatoms. The summed E-state index contributed by atoms with van der Waals surface area (Å²) in [6.45, 7) is 3.88. The van der Waals surface area contributed by atoms with Gasteiger partial charge in [-0.2, -0.15) is 0 Å². The third kappa shape index (κ3) is 8.82. The average Bonchev–Trinajstić information content (AvgIpc) is 3.86. The normalized spacial score (nSPS) is 29.5. The highest BCUT2D eigenvalue weighted by atomic mass is 32.2. The molecule has 1 aromatic carbocycles. The zero-order chi connectivity index (χ0) is 34.3. The number of nitrogens with zero attached hydrogens (tertiary/aromatic N) is 2. The first-order valence-electron chi connectivity index (χ1n) is 18.7. The van der Waals surface area contributed by atoms with Crippen molar-refractivity contribution < 1.29 is 29.0 Å². The van der Waals surface area contributed by atoms with Crippen LogP contribution in [0.1, 0.15) is 114 Å². The molecule has 3 saturated carbocycles. The van der Waals surface area contributed by atoms with Crippen LogP contribution in [0.2, 0.25) is 0 Å². The lowest BCUT2D eigenvalue weighted by Crippen LogP contribution is -2.55. The summed E-state index contributed by atoms with van der Waals surface area (Å²) in [5.74, 6) is -0.122. The van der Waals surface area contributed by atoms with E-state index in [1.807, 2.05) is 6.07 Å². The fourth-order valence-electron chi connectivity index (χ4n) is 7.90. The van der Waals surface area contributed by atoms with Gasteiger partial charge in [-0.15, -0.1) is 0 Å². The Hall–Kier alpha value is -3.05. The molecule has 4 aliphatic heterocycles. The van der Waals surface area contributed by atoms with E-state index in [0.717, 1.165) is 77.4 Å². The standard InChI is InChI=1S/C21H31N3O3S.C13H15NO2.C4H8O/c25-18-10-6-4-2-1-3-5-8-15-14-21(15,20(27)23-28-16-11-12-16)22-19(26)17-9-7-13-24(17)18;15-12(16)14-8-10-4-1-2-5-11(10)13(9-14)6-3-7-13;1-2-4-5-3-1/h5,8,15-17H,1-4,6-7,9-14H2,(H,22,26)(H,23,27);1-2,4-5H,3,6-9H2,(H,15,16);1-4H2/b8-5-;;/t15?,17?,21-;;/m1../s1. The molecule has 3 N–H and O–H groups in total. The van der Waals surface area contributed by atoms with Crippen molar-refractivity contribution in [2.45, 2.75) is 132 Å². The van der Waals surface area contributed by atoms with E-state index in [9.17, 15) is 19.2 Å². The summed E-state index contributed by atoms with van der Waals surface area (Å²) in [7, 11) is 0. The molecule has 0 aromatic heterocycles. The molecule has 7 aliphatic rings. The molecule has 10 nitrogen and oxygen atoms in total. The zero-order valence-corrected chi connectivity index (χ0v) is 29.7. The summed E-state index contributed by atoms with van der Waals surface area (Å²) in [4.78, 5) is 53.0. The maximum Gasteiger partial charge on any atom is 0.407 e. The van der Waals surface area contributed by atoms with Crippen LogP contribution in [0.25, 0.3) is 0 Å². The third-order valence-electron chi connectivity index (χ3n) is 11.2. The summed E-state index contributed by atoms with van der Waals surface area (Å²) in [5.41, 5.74) is 1.87. The van der Waals surface area contributed by atoms with Gasteiger partial charge in [-0.3, -0.25) is 19.1 Å². The highest BCUT2D eigenvalue weighted by molar-refractivity contribution is 7.98. The van der Waals surface area contributed by atoms with Crippen molar-refractivity contribution in [2.24, 2.45) is 5.92 Å². The molecule has 3 atom stereocenters. The summed E-state index contributed by atoms with van der Waals surface area (Å²) < 4.78 is 7.92. The van der Waals surface area contributed by atoms with Gasteiger partial charge in [0.1, 0.15) is 11.6 Å². The van der Waals surface area contributed by atoms with Gasteiger partial charge in [0.05, 0.1) is 0 Å². The second-order valence-electron chi connectivity index (χ2n) is 14.9. The number of fused-ring (bicyclic) bond motifs is 4. The smallest absolute Gasteiger partial charge is 0.407 e. The van der Waals surface area contributed by atoms with Gasteiger partial charge in [0, 0.05) is 55.9 Å². The zero-order valence-electron chi connectivity index (χ0n) is 28.8. The fourth-order valence-corrected chi connectivity index (χ4v) is 8.72. The van der Waals surface area contributed by atoms with Crippen molar-refractivity contribution >= 4 is 35.8 Å². The molecule has 268 valence electrons. The Morgan fingerprint density at radius 3 is 2.43 bits per heavy atom. The lowest BCUT2D eigenvalue weighted by Gasteiger charge is -2.49. The maximum absolute atomic E-state index is 13.1. The Kier molecular flexibility index (Phi) is 11.9. The van der Waals surface area contributed by atoms with Gasteiger partial charge < -0.3 is 25.0 Å². The van der Waals surface area contributed by atoms with Crippen molar-refractivity contribution in [3.63, 3.8) is 0 Å². The Labute approximate surface area is 295 Å². The number of rotatable bonds is 3. The van der Waals surface area contributed by atoms with Crippen LogP contribution in [-0.2, 0) is 31.1 Å². The molecule has 1 spiro atoms. The number of carboxylic acid groups (broad SMARTS) is 1. The summed E-state index contributed by atoms with van der Waals surface area (Å²) >= 11 is 1.49. The molecule has 0 bridgehead atoms. The van der Waals surface area contributed by atoms with Gasteiger partial charge in [-0.25, -0.2) is 4.79 Å². The highest BCUT2D eigenvalue weighted by Gasteiger charge is 2.60. The van der Waals surface area contributed by atoms with Crippen LogP contribution in [0.15, 0.2) is 36.4 Å². The number of carbonyl (C=O) groups is 4. The van der Waals surface area contributed by atoms with Crippen LogP contribution in [0.5, 0.6) is 0 Å². The monoisotopic (exact) mass is 694 g/mol. The van der Waals surface area contributed by atoms with Gasteiger partial charge in [0.25, 0.3) is 5.91 Å². The molecule has 49 heavy (non-hydrogen) atoms. The summed E-state index contributed by atoms with van der Waals surface area (Å²) in [6.07, 6.45) is 19.7. The van der Waals surface area contributed by atoms with Gasteiger partial charge in [0.15, 0.2) is 0 Å². The Morgan fingerprint density at radius 2 is 1.73 bits per heavy atom. The van der Waals surface area contributed by atoms with Crippen LogP contribution in [0.4, 0.5) is 4.79 Å². The molecule has 4 amide bonds. The summed E-state index contributed by atoms with van der Waals surface area (Å²) in [6, 6.07) is 7.87. The number of nitrogens with one attached hydrogen (secondary N) is 2. The van der Waals surface area contributed by atoms with Crippen LogP contribution in [0.3, 0.4) is 0 Å². The Bertz CT molecular complexity index is 1370. The minimum absolute atomic E-state index is 0.0481. The molecule has 5 fully saturated rings. The van der Waals surface area contributed by atoms with E-state index < -0.39 is 17.7 Å². The minimum Gasteiger partial charge on any atom is -0.465 e. The predicted molar refractivity (Wildman–Crippen MR) is 190 cm³/mol. The quantitative estimate of drug-likeness (QED) is 0.258. The number of benzene rings is 1. The van der Waals surface area contributed by atoms with E-state index in [1.54, 1.807) is 9.80 Å². The Morgan fingerprint density at radius 1 is 0.959 bits per heavy atom. The maximum atomic E-state index is 13.1. The van der Waals surface area contributed by atoms with Crippen LogP contribution in [-0.4, -0.2) is 81.9 Å². The number of amides is 4. The first-order chi connectivity index (χ1) is 23.8. The van der Waals surface area contributed by atoms with E-state index in [2.05, 4.69) is 40.4 Å². The SMILES string of the molecule is C1CCOC1.O=C(O)N1Cc2ccccc2C2(CCC2)C1.O=C1N[C@]2(C(=O)NSC3CC3)CC2/C=C\CCCCCCC(=O)N2CCCC12. The summed E-state index contributed by atoms with van der Waals surface area (Å²) in [5, 5.41) is 12.7. The van der Waals surface area contributed by atoms with Crippen molar-refractivity contribution in [1.82, 2.24) is 19.8 Å². The molecule has 3 aliphatic carbocycles. The number of ether oxygens (including phenoxy) is 1. The average molecular weight is 695 g/mol. The van der Waals surface area contributed by atoms with Crippen molar-refractivity contribution in [3.8, 4) is 0 Å². The molecule has 1 aromatic rings. The lowest BCUT2D eigenvalue weighted by molar-refractivity contribution is -0.139. The van der Waals surface area contributed by atoms with Crippen LogP contribution in [0, 0.1) is 5.92 Å². The molecule has 2 unspecified atom stereocenters. The largest absolute Gasteiger partial charge is 0.465 e. The van der Waals surface area contributed by atoms with Crippen LogP contribution >= 0.6 is 11.9 Å². The van der Waals surface area contributed by atoms with Gasteiger partial charge in [-0.1, -0.05) is 55.7 Å². The van der Waals surface area contributed by atoms with E-state index in [4.69, 9.17) is 9.84 Å².